The van der Waals surface area contributed by atoms with Gasteiger partial charge < -0.3 is 18.9 Å². The number of halogens is 12. The molecule has 2 aliphatic rings. The summed E-state index contributed by atoms with van der Waals surface area (Å²) in [7, 11) is 0. The summed E-state index contributed by atoms with van der Waals surface area (Å²) in [5.41, 5.74) is -11.3. The van der Waals surface area contributed by atoms with Crippen molar-refractivity contribution in [2.24, 2.45) is 5.92 Å². The number of rotatable bonds is 11. The van der Waals surface area contributed by atoms with E-state index in [1.54, 1.807) is 0 Å². The Morgan fingerprint density at radius 2 is 1.56 bits per heavy atom. The summed E-state index contributed by atoms with van der Waals surface area (Å²) in [4.78, 5) is 38.3. The molecule has 11 nitrogen and oxygen atoms in total. The third-order valence-corrected chi connectivity index (χ3v) is 8.69. The second kappa shape index (κ2) is 14.4. The van der Waals surface area contributed by atoms with E-state index in [2.05, 4.69) is 14.6 Å². The highest BCUT2D eigenvalue weighted by molar-refractivity contribution is 6.34. The normalized spacial score (nSPS) is 15.5. The minimum Gasteiger partial charge on any atom is -0.427 e. The maximum atomic E-state index is 14.8. The highest BCUT2D eigenvalue weighted by atomic mass is 35.5. The lowest BCUT2D eigenvalue weighted by Gasteiger charge is -2.31. The van der Waals surface area contributed by atoms with Crippen molar-refractivity contribution in [3.8, 4) is 28.6 Å². The number of nitriles is 1. The zero-order chi connectivity index (χ0) is 40.0. The molecule has 0 saturated heterocycles. The van der Waals surface area contributed by atoms with Crippen LogP contribution in [0.25, 0.3) is 16.8 Å². The van der Waals surface area contributed by atoms with Crippen molar-refractivity contribution in [1.29, 1.82) is 5.26 Å². The van der Waals surface area contributed by atoms with Crippen molar-refractivity contribution in [2.75, 3.05) is 13.5 Å². The van der Waals surface area contributed by atoms with Crippen LogP contribution in [0.1, 0.15) is 41.6 Å². The van der Waals surface area contributed by atoms with E-state index < -0.39 is 89.6 Å². The molecule has 0 unspecified atom stereocenters. The van der Waals surface area contributed by atoms with Gasteiger partial charge in [-0.1, -0.05) is 29.3 Å². The standard InChI is InChI=1S/C31H20Cl2F10N4O7/c32-20-4-3-16(7-19(20)24(48)46(27(12-44)5-6-27)13-51-26(50)53-14-52-25(49)15-1-2-15)17-10-45-47(11-17)23-21(33)8-18(9-22(23)54-31(41,42)43)28(34,29(35,36)37)30(38,39)40/h3-4,7-11,15H,1-2,5-6,13-14H2. The topological polar surface area (TPSA) is 133 Å². The smallest absolute Gasteiger partial charge is 0.427 e. The Kier molecular flexibility index (Phi) is 10.7. The number of benzene rings is 2. The molecular weight excluding hydrogens is 801 g/mol. The van der Waals surface area contributed by atoms with Crippen LogP contribution in [0.15, 0.2) is 42.7 Å². The Balaban J connectivity index is 1.44. The first-order valence-electron chi connectivity index (χ1n) is 15.0. The zero-order valence-corrected chi connectivity index (χ0v) is 28.1. The second-order valence-electron chi connectivity index (χ2n) is 11.8. The molecule has 0 N–H and O–H groups in total. The molecule has 5 rings (SSSR count). The van der Waals surface area contributed by atoms with E-state index in [1.807, 2.05) is 6.07 Å². The molecule has 54 heavy (non-hydrogen) atoms. The minimum atomic E-state index is -6.70. The van der Waals surface area contributed by atoms with Crippen LogP contribution in [0.2, 0.25) is 10.0 Å². The monoisotopic (exact) mass is 820 g/mol. The van der Waals surface area contributed by atoms with Gasteiger partial charge in [0.2, 0.25) is 6.79 Å². The number of alkyl halides is 10. The fourth-order valence-electron chi connectivity index (χ4n) is 4.96. The van der Waals surface area contributed by atoms with Gasteiger partial charge in [-0.15, -0.1) is 13.2 Å². The predicted octanol–water partition coefficient (Wildman–Crippen LogP) is 8.55. The van der Waals surface area contributed by atoms with Crippen LogP contribution in [0.4, 0.5) is 48.7 Å². The number of carbonyl (C=O) groups is 3. The number of esters is 1. The molecule has 0 aliphatic heterocycles. The number of amides is 1. The van der Waals surface area contributed by atoms with Gasteiger partial charge in [0.15, 0.2) is 12.5 Å². The molecule has 0 radical (unpaired) electrons. The zero-order valence-electron chi connectivity index (χ0n) is 26.5. The summed E-state index contributed by atoms with van der Waals surface area (Å²) in [5.74, 6) is -3.60. The first-order chi connectivity index (χ1) is 25.0. The summed E-state index contributed by atoms with van der Waals surface area (Å²) >= 11 is 12.2. The highest BCUT2D eigenvalue weighted by Gasteiger charge is 2.73. The molecule has 0 bridgehead atoms. The molecule has 0 spiro atoms. The van der Waals surface area contributed by atoms with Gasteiger partial charge in [0, 0.05) is 17.3 Å². The van der Waals surface area contributed by atoms with Crippen molar-refractivity contribution in [1.82, 2.24) is 14.7 Å². The average Bonchev–Trinajstić information content (AvgIpc) is 4.00. The second-order valence-corrected chi connectivity index (χ2v) is 12.6. The van der Waals surface area contributed by atoms with Gasteiger partial charge in [-0.3, -0.25) is 14.5 Å². The van der Waals surface area contributed by atoms with E-state index in [0.29, 0.717) is 17.5 Å². The number of ether oxygens (including phenoxy) is 4. The lowest BCUT2D eigenvalue weighted by atomic mass is 9.93. The van der Waals surface area contributed by atoms with Gasteiger partial charge in [0.1, 0.15) is 11.2 Å². The number of nitrogens with zero attached hydrogens (tertiary/aromatic N) is 4. The fourth-order valence-corrected chi connectivity index (χ4v) is 5.46. The van der Waals surface area contributed by atoms with Gasteiger partial charge in [0.05, 0.1) is 33.8 Å². The molecular formula is C31H20Cl2F10N4O7. The number of aromatic nitrogens is 2. The van der Waals surface area contributed by atoms with Crippen LogP contribution in [0.5, 0.6) is 5.75 Å². The molecule has 2 aliphatic carbocycles. The van der Waals surface area contributed by atoms with Crippen molar-refractivity contribution < 1.29 is 77.2 Å². The van der Waals surface area contributed by atoms with Crippen molar-refractivity contribution in [3.63, 3.8) is 0 Å². The van der Waals surface area contributed by atoms with E-state index in [0.717, 1.165) is 23.4 Å². The van der Waals surface area contributed by atoms with Gasteiger partial charge in [0.25, 0.3) is 5.91 Å². The van der Waals surface area contributed by atoms with Gasteiger partial charge in [-0.25, -0.2) is 13.9 Å². The van der Waals surface area contributed by atoms with Crippen LogP contribution in [-0.4, -0.2) is 70.5 Å². The van der Waals surface area contributed by atoms with Crippen molar-refractivity contribution in [3.05, 3.63) is 63.9 Å². The first kappa shape index (κ1) is 40.2. The fraction of sp³-hybridized carbons (Fsp3) is 0.387. The van der Waals surface area contributed by atoms with E-state index >= 15 is 0 Å². The lowest BCUT2D eigenvalue weighted by Crippen LogP contribution is -2.50. The van der Waals surface area contributed by atoms with E-state index in [4.69, 9.17) is 32.7 Å². The van der Waals surface area contributed by atoms with Gasteiger partial charge in [-0.05, 0) is 55.5 Å². The highest BCUT2D eigenvalue weighted by Crippen LogP contribution is 2.55. The predicted molar refractivity (Wildman–Crippen MR) is 160 cm³/mol. The summed E-state index contributed by atoms with van der Waals surface area (Å²) in [6.07, 6.45) is -17.1. The molecule has 2 fully saturated rings. The Hall–Kier alpha value is -4.97. The quantitative estimate of drug-likeness (QED) is 0.106. The molecule has 2 saturated carbocycles. The van der Waals surface area contributed by atoms with Crippen molar-refractivity contribution >= 4 is 41.2 Å². The van der Waals surface area contributed by atoms with Crippen molar-refractivity contribution in [2.45, 2.75) is 55.6 Å². The number of hydrogen-bond donors (Lipinski definition) is 0. The molecule has 290 valence electrons. The lowest BCUT2D eigenvalue weighted by molar-refractivity contribution is -0.348. The summed E-state index contributed by atoms with van der Waals surface area (Å²) in [5, 5.41) is 12.1. The average molecular weight is 821 g/mol. The molecule has 2 aromatic carbocycles. The number of hydrogen-bond acceptors (Lipinski definition) is 9. The maximum Gasteiger partial charge on any atom is 0.573 e. The largest absolute Gasteiger partial charge is 0.573 e. The summed E-state index contributed by atoms with van der Waals surface area (Å²) in [6, 6.07) is 4.89. The van der Waals surface area contributed by atoms with Crippen LogP contribution in [0.3, 0.4) is 0 Å². The summed E-state index contributed by atoms with van der Waals surface area (Å²) < 4.78 is 154. The van der Waals surface area contributed by atoms with Crippen LogP contribution >= 0.6 is 23.2 Å². The first-order valence-corrected chi connectivity index (χ1v) is 15.7. The molecule has 3 aromatic rings. The van der Waals surface area contributed by atoms with Crippen LogP contribution in [-0.2, 0) is 24.7 Å². The van der Waals surface area contributed by atoms with Crippen LogP contribution < -0.4 is 4.74 Å². The van der Waals surface area contributed by atoms with E-state index in [1.165, 1.54) is 12.1 Å². The van der Waals surface area contributed by atoms with Gasteiger partial charge >= 0.3 is 36.5 Å². The molecule has 1 amide bonds. The Morgan fingerprint density at radius 3 is 2.11 bits per heavy atom. The maximum absolute atomic E-state index is 14.8. The van der Waals surface area contributed by atoms with E-state index in [-0.39, 0.29) is 46.5 Å². The SMILES string of the molecule is N#CC1(N(COC(=O)OCOC(=O)C2CC2)C(=O)c2cc(-c3cnn(-c4c(Cl)cc(C(F)(C(F)(F)F)C(F)(F)F)cc4OC(F)(F)F)c3)ccc2Cl)CC1. The molecule has 23 heteroatoms. The Morgan fingerprint density at radius 1 is 0.907 bits per heavy atom. The molecule has 1 heterocycles. The minimum absolute atomic E-state index is 0.0384. The number of carbonyl (C=O) groups excluding carboxylic acids is 3. The Bertz CT molecular complexity index is 1990. The third kappa shape index (κ3) is 8.23. The summed E-state index contributed by atoms with van der Waals surface area (Å²) in [6.45, 7) is -1.61. The van der Waals surface area contributed by atoms with E-state index in [9.17, 15) is 63.5 Å². The Labute approximate surface area is 305 Å². The third-order valence-electron chi connectivity index (χ3n) is 8.07. The van der Waals surface area contributed by atoms with Crippen LogP contribution in [0, 0.1) is 17.2 Å². The molecule has 0 atom stereocenters. The molecule has 1 aromatic heterocycles. The van der Waals surface area contributed by atoms with Gasteiger partial charge in [-0.2, -0.15) is 36.7 Å².